The number of carbonyl (C=O) groups excluding carboxylic acids is 1. The van der Waals surface area contributed by atoms with E-state index in [-0.39, 0.29) is 11.8 Å². The largest absolute Gasteiger partial charge is 0.340 e. The Morgan fingerprint density at radius 2 is 1.83 bits per heavy atom. The Balaban J connectivity index is 1.92. The summed E-state index contributed by atoms with van der Waals surface area (Å²) in [6, 6.07) is 13.5. The molecule has 1 aromatic heterocycles. The van der Waals surface area contributed by atoms with E-state index >= 15 is 0 Å². The topological polar surface area (TPSA) is 66.9 Å². The van der Waals surface area contributed by atoms with Crippen LogP contribution in [0.3, 0.4) is 0 Å². The first-order valence-corrected chi connectivity index (χ1v) is 7.63. The van der Waals surface area contributed by atoms with E-state index in [1.165, 1.54) is 11.9 Å². The van der Waals surface area contributed by atoms with Crippen molar-refractivity contribution >= 4 is 45.6 Å². The molecule has 0 fully saturated rings. The molecule has 0 atom stereocenters. The molecule has 3 rings (SSSR count). The lowest BCUT2D eigenvalue weighted by atomic mass is 10.2. The Labute approximate surface area is 138 Å². The van der Waals surface area contributed by atoms with Crippen LogP contribution >= 0.6 is 11.6 Å². The quantitative estimate of drug-likeness (QED) is 0.714. The van der Waals surface area contributed by atoms with E-state index in [1.54, 1.807) is 12.1 Å². The molecule has 0 saturated carbocycles. The molecule has 0 unspecified atom stereocenters. The lowest BCUT2D eigenvalue weighted by Crippen LogP contribution is -2.12. The van der Waals surface area contributed by atoms with Crippen molar-refractivity contribution in [2.75, 3.05) is 16.5 Å². The maximum absolute atomic E-state index is 11.4. The number of aromatic nitrogens is 2. The summed E-state index contributed by atoms with van der Waals surface area (Å²) in [5.41, 5.74) is 3.54. The Kier molecular flexibility index (Phi) is 4.39. The SMILES string of the molecule is Cc1ccc(Nc2ncnc3cc(NC(=O)CCl)ccc23)cc1. The second kappa shape index (κ2) is 6.62. The number of nitrogens with one attached hydrogen (secondary N) is 2. The van der Waals surface area contributed by atoms with Crippen LogP contribution in [0.1, 0.15) is 5.56 Å². The molecule has 0 bridgehead atoms. The molecule has 0 aliphatic heterocycles. The van der Waals surface area contributed by atoms with Gasteiger partial charge >= 0.3 is 0 Å². The third-order valence-electron chi connectivity index (χ3n) is 3.36. The van der Waals surface area contributed by atoms with Crippen LogP contribution in [0.5, 0.6) is 0 Å². The van der Waals surface area contributed by atoms with Gasteiger partial charge in [0.15, 0.2) is 0 Å². The predicted octanol–water partition coefficient (Wildman–Crippen LogP) is 3.86. The third-order valence-corrected chi connectivity index (χ3v) is 3.60. The number of benzene rings is 2. The Morgan fingerprint density at radius 3 is 2.57 bits per heavy atom. The van der Waals surface area contributed by atoms with Crippen LogP contribution in [0.15, 0.2) is 48.8 Å². The van der Waals surface area contributed by atoms with Crippen molar-refractivity contribution in [3.63, 3.8) is 0 Å². The second-order valence-corrected chi connectivity index (χ2v) is 5.39. The molecule has 0 aliphatic rings. The van der Waals surface area contributed by atoms with Gasteiger partial charge in [0.1, 0.15) is 18.0 Å². The highest BCUT2D eigenvalue weighted by molar-refractivity contribution is 6.29. The zero-order valence-corrected chi connectivity index (χ0v) is 13.3. The van der Waals surface area contributed by atoms with Gasteiger partial charge in [-0.25, -0.2) is 9.97 Å². The first-order valence-electron chi connectivity index (χ1n) is 7.10. The molecular formula is C17H15ClN4O. The van der Waals surface area contributed by atoms with Crippen LogP contribution in [-0.4, -0.2) is 21.8 Å². The summed E-state index contributed by atoms with van der Waals surface area (Å²) < 4.78 is 0. The minimum absolute atomic E-state index is 0.0813. The van der Waals surface area contributed by atoms with E-state index in [2.05, 4.69) is 20.6 Å². The number of nitrogens with zero attached hydrogens (tertiary/aromatic N) is 2. The van der Waals surface area contributed by atoms with Crippen molar-refractivity contribution in [2.45, 2.75) is 6.92 Å². The average molecular weight is 327 g/mol. The first kappa shape index (κ1) is 15.2. The van der Waals surface area contributed by atoms with Crippen molar-refractivity contribution < 1.29 is 4.79 Å². The van der Waals surface area contributed by atoms with Gasteiger partial charge in [-0.05, 0) is 37.3 Å². The van der Waals surface area contributed by atoms with E-state index < -0.39 is 0 Å². The van der Waals surface area contributed by atoms with E-state index in [0.29, 0.717) is 11.5 Å². The number of anilines is 3. The molecule has 1 amide bonds. The molecule has 2 aromatic carbocycles. The third kappa shape index (κ3) is 3.57. The summed E-state index contributed by atoms with van der Waals surface area (Å²) in [7, 11) is 0. The van der Waals surface area contributed by atoms with Gasteiger partial charge in [-0.1, -0.05) is 17.7 Å². The van der Waals surface area contributed by atoms with Gasteiger partial charge in [-0.3, -0.25) is 4.79 Å². The average Bonchev–Trinajstić information content (AvgIpc) is 2.57. The molecule has 0 spiro atoms. The number of rotatable bonds is 4. The van der Waals surface area contributed by atoms with Crippen molar-refractivity contribution in [3.05, 3.63) is 54.4 Å². The highest BCUT2D eigenvalue weighted by atomic mass is 35.5. The minimum Gasteiger partial charge on any atom is -0.340 e. The molecule has 0 saturated heterocycles. The van der Waals surface area contributed by atoms with Gasteiger partial charge in [-0.15, -0.1) is 11.6 Å². The highest BCUT2D eigenvalue weighted by Gasteiger charge is 2.06. The molecule has 1 heterocycles. The van der Waals surface area contributed by atoms with Crippen molar-refractivity contribution in [2.24, 2.45) is 0 Å². The number of fused-ring (bicyclic) bond motifs is 1. The van der Waals surface area contributed by atoms with Gasteiger partial charge in [0.25, 0.3) is 0 Å². The molecule has 5 nitrogen and oxygen atoms in total. The van der Waals surface area contributed by atoms with Crippen LogP contribution in [0.2, 0.25) is 0 Å². The summed E-state index contributed by atoms with van der Waals surface area (Å²) in [6.07, 6.45) is 1.49. The maximum atomic E-state index is 11.4. The Morgan fingerprint density at radius 1 is 1.09 bits per heavy atom. The van der Waals surface area contributed by atoms with Crippen LogP contribution < -0.4 is 10.6 Å². The molecule has 3 aromatic rings. The predicted molar refractivity (Wildman–Crippen MR) is 93.3 cm³/mol. The highest BCUT2D eigenvalue weighted by Crippen LogP contribution is 2.25. The van der Waals surface area contributed by atoms with Crippen molar-refractivity contribution in [1.29, 1.82) is 0 Å². The summed E-state index contributed by atoms with van der Waals surface area (Å²) in [6.45, 7) is 2.04. The number of carbonyl (C=O) groups is 1. The number of alkyl halides is 1. The van der Waals surface area contributed by atoms with E-state index in [4.69, 9.17) is 11.6 Å². The number of hydrogen-bond donors (Lipinski definition) is 2. The Bertz CT molecular complexity index is 849. The normalized spacial score (nSPS) is 10.5. The molecule has 6 heteroatoms. The van der Waals surface area contributed by atoms with E-state index in [0.717, 1.165) is 16.6 Å². The Hall–Kier alpha value is -2.66. The fourth-order valence-corrected chi connectivity index (χ4v) is 2.27. The fraction of sp³-hybridized carbons (Fsp3) is 0.118. The molecule has 23 heavy (non-hydrogen) atoms. The molecular weight excluding hydrogens is 312 g/mol. The molecule has 2 N–H and O–H groups in total. The number of amides is 1. The van der Waals surface area contributed by atoms with Crippen molar-refractivity contribution in [3.8, 4) is 0 Å². The van der Waals surface area contributed by atoms with Crippen molar-refractivity contribution in [1.82, 2.24) is 9.97 Å². The van der Waals surface area contributed by atoms with Gasteiger partial charge in [0.05, 0.1) is 5.52 Å². The second-order valence-electron chi connectivity index (χ2n) is 5.13. The monoisotopic (exact) mass is 326 g/mol. The maximum Gasteiger partial charge on any atom is 0.239 e. The number of aryl methyl sites for hydroxylation is 1. The zero-order chi connectivity index (χ0) is 16.2. The van der Waals surface area contributed by atoms with Gasteiger partial charge in [-0.2, -0.15) is 0 Å². The fourth-order valence-electron chi connectivity index (χ4n) is 2.20. The van der Waals surface area contributed by atoms with Crippen LogP contribution in [-0.2, 0) is 4.79 Å². The molecule has 0 radical (unpaired) electrons. The smallest absolute Gasteiger partial charge is 0.239 e. The van der Waals surface area contributed by atoms with Crippen LogP contribution in [0.25, 0.3) is 10.9 Å². The van der Waals surface area contributed by atoms with Gasteiger partial charge in [0, 0.05) is 16.8 Å². The standard InChI is InChI=1S/C17H15ClN4O/c1-11-2-4-12(5-3-11)22-17-14-7-6-13(21-16(23)9-18)8-15(14)19-10-20-17/h2-8,10H,9H2,1H3,(H,21,23)(H,19,20,22). The van der Waals surface area contributed by atoms with Crippen LogP contribution in [0.4, 0.5) is 17.2 Å². The summed E-state index contributed by atoms with van der Waals surface area (Å²) >= 11 is 5.50. The van der Waals surface area contributed by atoms with Gasteiger partial charge < -0.3 is 10.6 Å². The summed E-state index contributed by atoms with van der Waals surface area (Å²) in [4.78, 5) is 19.9. The first-order chi connectivity index (χ1) is 11.2. The lowest BCUT2D eigenvalue weighted by Gasteiger charge is -2.10. The van der Waals surface area contributed by atoms with E-state index in [9.17, 15) is 4.79 Å². The summed E-state index contributed by atoms with van der Waals surface area (Å²) in [5, 5.41) is 6.87. The number of hydrogen-bond acceptors (Lipinski definition) is 4. The zero-order valence-electron chi connectivity index (χ0n) is 12.5. The molecule has 116 valence electrons. The summed E-state index contributed by atoms with van der Waals surface area (Å²) in [5.74, 6) is 0.384. The molecule has 0 aliphatic carbocycles. The van der Waals surface area contributed by atoms with Crippen LogP contribution in [0, 0.1) is 6.92 Å². The minimum atomic E-state index is -0.252. The van der Waals surface area contributed by atoms with E-state index in [1.807, 2.05) is 37.3 Å². The lowest BCUT2D eigenvalue weighted by molar-refractivity contribution is -0.113. The number of halogens is 1. The van der Waals surface area contributed by atoms with Gasteiger partial charge in [0.2, 0.25) is 5.91 Å².